The molecule has 0 radical (unpaired) electrons. The van der Waals surface area contributed by atoms with E-state index in [0.29, 0.717) is 0 Å². The van der Waals surface area contributed by atoms with Gasteiger partial charge in [-0.25, -0.2) is 4.79 Å². The first kappa shape index (κ1) is 9.06. The molecule has 0 saturated carbocycles. The number of aliphatic hydroxyl groups excluding tert-OH is 1. The van der Waals surface area contributed by atoms with E-state index in [1.165, 1.54) is 0 Å². The molecule has 0 heterocycles. The van der Waals surface area contributed by atoms with Gasteiger partial charge in [-0.05, 0) is 0 Å². The zero-order valence-corrected chi connectivity index (χ0v) is 5.53. The Morgan fingerprint density at radius 1 is 1.70 bits per heavy atom. The predicted octanol–water partition coefficient (Wildman–Crippen LogP) is -1.60. The van der Waals surface area contributed by atoms with Gasteiger partial charge in [0.25, 0.3) is 0 Å². The molecular formula is C5H9NO4. The lowest BCUT2D eigenvalue weighted by molar-refractivity contribution is -0.159. The van der Waals surface area contributed by atoms with Crippen molar-refractivity contribution < 1.29 is 19.4 Å². The Labute approximate surface area is 57.8 Å². The van der Waals surface area contributed by atoms with Gasteiger partial charge in [0.15, 0.2) is 0 Å². The largest absolute Gasteiger partial charge is 0.394 e. The van der Waals surface area contributed by atoms with Crippen molar-refractivity contribution in [1.82, 2.24) is 0 Å². The van der Waals surface area contributed by atoms with E-state index in [9.17, 15) is 9.59 Å². The van der Waals surface area contributed by atoms with Crippen molar-refractivity contribution in [1.29, 1.82) is 0 Å². The normalized spacial score (nSPS) is 12.3. The van der Waals surface area contributed by atoms with Gasteiger partial charge in [0.1, 0.15) is 6.04 Å². The van der Waals surface area contributed by atoms with Crippen molar-refractivity contribution in [3.05, 3.63) is 0 Å². The molecule has 0 rings (SSSR count). The molecule has 3 N–H and O–H groups in total. The Hall–Kier alpha value is -0.940. The van der Waals surface area contributed by atoms with Gasteiger partial charge >= 0.3 is 11.9 Å². The zero-order valence-electron chi connectivity index (χ0n) is 5.53. The van der Waals surface area contributed by atoms with Crippen molar-refractivity contribution in [2.24, 2.45) is 5.73 Å². The molecule has 0 aromatic rings. The number of rotatable bonds is 2. The van der Waals surface area contributed by atoms with Crippen LogP contribution in [0.3, 0.4) is 0 Å². The van der Waals surface area contributed by atoms with E-state index in [1.54, 1.807) is 0 Å². The third-order valence-corrected chi connectivity index (χ3v) is 0.744. The van der Waals surface area contributed by atoms with Crippen LogP contribution in [-0.2, 0) is 14.3 Å². The fourth-order valence-corrected chi connectivity index (χ4v) is 0.292. The van der Waals surface area contributed by atoms with Gasteiger partial charge in [0.05, 0.1) is 6.61 Å². The van der Waals surface area contributed by atoms with Gasteiger partial charge in [0.2, 0.25) is 0 Å². The number of carbonyl (C=O) groups is 2. The van der Waals surface area contributed by atoms with E-state index < -0.39 is 24.6 Å². The number of aliphatic hydroxyl groups is 1. The second-order valence-electron chi connectivity index (χ2n) is 1.70. The maximum atomic E-state index is 10.5. The van der Waals surface area contributed by atoms with Gasteiger partial charge in [-0.1, -0.05) is 0 Å². The van der Waals surface area contributed by atoms with Crippen LogP contribution in [0.2, 0.25) is 0 Å². The van der Waals surface area contributed by atoms with Crippen LogP contribution in [-0.4, -0.2) is 29.7 Å². The second-order valence-corrected chi connectivity index (χ2v) is 1.70. The zero-order chi connectivity index (χ0) is 8.15. The van der Waals surface area contributed by atoms with Crippen LogP contribution in [0.4, 0.5) is 0 Å². The molecule has 0 aliphatic heterocycles. The summed E-state index contributed by atoms with van der Waals surface area (Å²) >= 11 is 0. The maximum Gasteiger partial charge on any atom is 0.332 e. The lowest BCUT2D eigenvalue weighted by Gasteiger charge is -2.03. The van der Waals surface area contributed by atoms with Crippen LogP contribution in [0.15, 0.2) is 0 Å². The quantitative estimate of drug-likeness (QED) is 0.362. The first-order chi connectivity index (χ1) is 4.57. The van der Waals surface area contributed by atoms with Crippen LogP contribution in [0, 0.1) is 0 Å². The molecular weight excluding hydrogens is 138 g/mol. The number of hydrogen-bond donors (Lipinski definition) is 2. The summed E-state index contributed by atoms with van der Waals surface area (Å²) in [6.45, 7) is 0.564. The summed E-state index contributed by atoms with van der Waals surface area (Å²) < 4.78 is 4.04. The van der Waals surface area contributed by atoms with E-state index in [-0.39, 0.29) is 0 Å². The highest BCUT2D eigenvalue weighted by Gasteiger charge is 2.14. The number of carbonyl (C=O) groups excluding carboxylic acids is 2. The minimum absolute atomic E-state index is 0.522. The standard InChI is InChI=1S/C5H9NO4/c1-3(8)10-5(9)4(6)2-7/h4,7H,2,6H2,1H3/t4-/m0/s1. The van der Waals surface area contributed by atoms with Gasteiger partial charge in [-0.3, -0.25) is 4.79 Å². The third-order valence-electron chi connectivity index (χ3n) is 0.744. The Morgan fingerprint density at radius 2 is 2.20 bits per heavy atom. The summed E-state index contributed by atoms with van der Waals surface area (Å²) in [5, 5.41) is 8.28. The van der Waals surface area contributed by atoms with Crippen LogP contribution in [0.5, 0.6) is 0 Å². The molecule has 0 unspecified atom stereocenters. The summed E-state index contributed by atoms with van der Waals surface area (Å²) in [5.74, 6) is -1.64. The predicted molar refractivity (Wildman–Crippen MR) is 31.8 cm³/mol. The summed E-state index contributed by atoms with van der Waals surface area (Å²) in [5.41, 5.74) is 4.99. The first-order valence-corrected chi connectivity index (χ1v) is 2.66. The van der Waals surface area contributed by atoms with Gasteiger partial charge in [0, 0.05) is 6.92 Å². The highest BCUT2D eigenvalue weighted by Crippen LogP contribution is 1.84. The molecule has 5 nitrogen and oxygen atoms in total. The molecule has 0 aliphatic carbocycles. The molecule has 0 aromatic carbocycles. The molecule has 0 bridgehead atoms. The van der Waals surface area contributed by atoms with Crippen molar-refractivity contribution in [3.8, 4) is 0 Å². The average Bonchev–Trinajstić information content (AvgIpc) is 1.85. The maximum absolute atomic E-state index is 10.5. The molecule has 0 aromatic heterocycles. The highest BCUT2D eigenvalue weighted by atomic mass is 16.6. The molecule has 1 atom stereocenters. The van der Waals surface area contributed by atoms with Crippen LogP contribution in [0.25, 0.3) is 0 Å². The molecule has 0 fully saturated rings. The highest BCUT2D eigenvalue weighted by molar-refractivity contribution is 5.87. The Bertz CT molecular complexity index is 145. The number of hydrogen-bond acceptors (Lipinski definition) is 5. The van der Waals surface area contributed by atoms with Crippen LogP contribution >= 0.6 is 0 Å². The van der Waals surface area contributed by atoms with Crippen LogP contribution in [0.1, 0.15) is 6.92 Å². The smallest absolute Gasteiger partial charge is 0.332 e. The van der Waals surface area contributed by atoms with Crippen LogP contribution < -0.4 is 5.73 Å². The minimum Gasteiger partial charge on any atom is -0.394 e. The Morgan fingerprint density at radius 3 is 2.50 bits per heavy atom. The number of ether oxygens (including phenoxy) is 1. The Balaban J connectivity index is 3.73. The molecule has 0 aliphatic rings. The SMILES string of the molecule is CC(=O)OC(=O)[C@@H](N)CO. The first-order valence-electron chi connectivity index (χ1n) is 2.66. The van der Waals surface area contributed by atoms with Crippen molar-refractivity contribution in [2.45, 2.75) is 13.0 Å². The number of nitrogens with two attached hydrogens (primary N) is 1. The average molecular weight is 147 g/mol. The lowest BCUT2D eigenvalue weighted by atomic mass is 10.3. The molecule has 58 valence electrons. The van der Waals surface area contributed by atoms with Crippen molar-refractivity contribution in [2.75, 3.05) is 6.61 Å². The van der Waals surface area contributed by atoms with Crippen molar-refractivity contribution in [3.63, 3.8) is 0 Å². The molecule has 0 spiro atoms. The lowest BCUT2D eigenvalue weighted by Crippen LogP contribution is -2.36. The van der Waals surface area contributed by atoms with Gasteiger partial charge in [-0.15, -0.1) is 0 Å². The monoisotopic (exact) mass is 147 g/mol. The Kier molecular flexibility index (Phi) is 3.60. The molecule has 5 heteroatoms. The molecule has 0 saturated heterocycles. The van der Waals surface area contributed by atoms with Gasteiger partial charge in [-0.2, -0.15) is 0 Å². The third kappa shape index (κ3) is 3.16. The molecule has 0 amide bonds. The van der Waals surface area contributed by atoms with E-state index in [1.807, 2.05) is 0 Å². The molecule has 10 heavy (non-hydrogen) atoms. The van der Waals surface area contributed by atoms with Crippen molar-refractivity contribution >= 4 is 11.9 Å². The summed E-state index contributed by atoms with van der Waals surface area (Å²) in [6, 6.07) is -1.12. The van der Waals surface area contributed by atoms with E-state index in [2.05, 4.69) is 4.74 Å². The fraction of sp³-hybridized carbons (Fsp3) is 0.600. The second kappa shape index (κ2) is 3.97. The topological polar surface area (TPSA) is 89.6 Å². The summed E-state index contributed by atoms with van der Waals surface area (Å²) in [4.78, 5) is 20.6. The van der Waals surface area contributed by atoms with Gasteiger partial charge < -0.3 is 15.6 Å². The minimum atomic E-state index is -1.12. The summed E-state index contributed by atoms with van der Waals surface area (Å²) in [7, 11) is 0. The van der Waals surface area contributed by atoms with E-state index in [4.69, 9.17) is 10.8 Å². The number of esters is 2. The fourth-order valence-electron chi connectivity index (χ4n) is 0.292. The van der Waals surface area contributed by atoms with E-state index >= 15 is 0 Å². The summed E-state index contributed by atoms with van der Waals surface area (Å²) in [6.07, 6.45) is 0. The van der Waals surface area contributed by atoms with E-state index in [0.717, 1.165) is 6.92 Å².